The lowest BCUT2D eigenvalue weighted by Crippen LogP contribution is -2.61. The second-order valence-corrected chi connectivity index (χ2v) is 12.9. The number of fused-ring (bicyclic) bond motifs is 2. The molecule has 46 heavy (non-hydrogen) atoms. The van der Waals surface area contributed by atoms with E-state index in [0.29, 0.717) is 53.6 Å². The van der Waals surface area contributed by atoms with E-state index in [1.54, 1.807) is 4.90 Å². The first-order chi connectivity index (χ1) is 21.8. The van der Waals surface area contributed by atoms with Gasteiger partial charge in [0.2, 0.25) is 5.91 Å². The molecule has 0 aliphatic carbocycles. The normalized spacial score (nSPS) is 17.9. The summed E-state index contributed by atoms with van der Waals surface area (Å²) in [5.41, 5.74) is 1.51. The minimum absolute atomic E-state index is 0.0256. The van der Waals surface area contributed by atoms with E-state index in [0.717, 1.165) is 0 Å². The van der Waals surface area contributed by atoms with Crippen LogP contribution >= 0.6 is 11.6 Å². The number of pyridine rings is 1. The van der Waals surface area contributed by atoms with Gasteiger partial charge in [0, 0.05) is 32.7 Å². The number of piperazine rings is 1. The van der Waals surface area contributed by atoms with E-state index < -0.39 is 11.5 Å². The molecule has 4 aromatic rings. The lowest BCUT2D eigenvalue weighted by Gasteiger charge is -2.46. The molecule has 11 nitrogen and oxygen atoms in total. The summed E-state index contributed by atoms with van der Waals surface area (Å²) in [6, 6.07) is 3.45. The Bertz CT molecular complexity index is 1920. The monoisotopic (exact) mass is 646 g/mol. The van der Waals surface area contributed by atoms with Crippen molar-refractivity contribution < 1.29 is 14.3 Å². The highest BCUT2D eigenvalue weighted by molar-refractivity contribution is 6.38. The highest BCUT2D eigenvalue weighted by atomic mass is 35.5. The summed E-state index contributed by atoms with van der Waals surface area (Å²) in [7, 11) is 1.85. The zero-order valence-corrected chi connectivity index (χ0v) is 27.4. The summed E-state index contributed by atoms with van der Waals surface area (Å²) < 4.78 is 16.9. The summed E-state index contributed by atoms with van der Waals surface area (Å²) in [6.45, 7) is 14.7. The smallest absolute Gasteiger partial charge is 0.355 e. The number of benzene rings is 1. The molecule has 13 heteroatoms. The van der Waals surface area contributed by atoms with Gasteiger partial charge in [-0.3, -0.25) is 4.79 Å². The summed E-state index contributed by atoms with van der Waals surface area (Å²) in [4.78, 5) is 51.6. The van der Waals surface area contributed by atoms with Gasteiger partial charge in [-0.15, -0.1) is 0 Å². The number of aromatic nitrogens is 5. The van der Waals surface area contributed by atoms with Crippen molar-refractivity contribution >= 4 is 40.0 Å². The Morgan fingerprint density at radius 2 is 1.76 bits per heavy atom. The molecule has 0 saturated carbocycles. The SMILES string of the molecule is C=CC(=O)N1CC(C)N2c3nc(=O)n(-c4c(C(C)C)ncnc4C(C)C)c4nc(-c5c(O)cccc5F)c(Cl)c(c34)N(C)CC2C1. The van der Waals surface area contributed by atoms with Crippen molar-refractivity contribution in [1.29, 1.82) is 0 Å². The first kappa shape index (κ1) is 31.4. The standard InChI is InChI=1S/C33H36ClFN8O3/c1-8-22(45)41-12-18(6)42-19(14-41)13-40(7)29-24-31(38-28(25(29)34)23-20(35)10-9-11-21(23)44)43(33(46)39-32(24)42)30-26(16(2)3)36-15-37-27(30)17(4)5/h8-11,15-19,44H,1,12-14H2,2-7H3. The Hall–Kier alpha value is -4.58. The number of hydrogen-bond acceptors (Lipinski definition) is 9. The van der Waals surface area contributed by atoms with Gasteiger partial charge in [-0.2, -0.15) is 4.98 Å². The van der Waals surface area contributed by atoms with Crippen molar-refractivity contribution in [3.05, 3.63) is 69.9 Å². The van der Waals surface area contributed by atoms with E-state index in [-0.39, 0.29) is 57.5 Å². The van der Waals surface area contributed by atoms with Crippen molar-refractivity contribution in [3.8, 4) is 22.7 Å². The molecule has 0 radical (unpaired) electrons. The largest absolute Gasteiger partial charge is 0.507 e. The van der Waals surface area contributed by atoms with Gasteiger partial charge in [0.25, 0.3) is 0 Å². The van der Waals surface area contributed by atoms with Gasteiger partial charge in [-0.05, 0) is 37.0 Å². The Morgan fingerprint density at radius 3 is 2.37 bits per heavy atom. The number of carbonyl (C=O) groups excluding carboxylic acids is 1. The first-order valence-electron chi connectivity index (χ1n) is 15.3. The van der Waals surface area contributed by atoms with Crippen LogP contribution in [0.5, 0.6) is 5.75 Å². The van der Waals surface area contributed by atoms with Gasteiger partial charge in [0.1, 0.15) is 29.4 Å². The molecule has 1 N–H and O–H groups in total. The highest BCUT2D eigenvalue weighted by Crippen LogP contribution is 2.47. The molecule has 1 amide bonds. The van der Waals surface area contributed by atoms with E-state index in [1.807, 2.05) is 46.6 Å². The van der Waals surface area contributed by atoms with Crippen LogP contribution in [0.4, 0.5) is 15.9 Å². The van der Waals surface area contributed by atoms with Crippen LogP contribution < -0.4 is 15.5 Å². The van der Waals surface area contributed by atoms with Crippen LogP contribution in [0.25, 0.3) is 28.0 Å². The second-order valence-electron chi connectivity index (χ2n) is 12.5. The third-order valence-electron chi connectivity index (χ3n) is 8.73. The number of nitrogens with zero attached hydrogens (tertiary/aromatic N) is 8. The number of amides is 1. The zero-order valence-electron chi connectivity index (χ0n) is 26.6. The number of halogens is 2. The fourth-order valence-corrected chi connectivity index (χ4v) is 7.14. The van der Waals surface area contributed by atoms with E-state index in [1.165, 1.54) is 35.2 Å². The number of anilines is 2. The van der Waals surface area contributed by atoms with Gasteiger partial charge < -0.3 is 19.8 Å². The maximum absolute atomic E-state index is 15.5. The Morgan fingerprint density at radius 1 is 1.09 bits per heavy atom. The lowest BCUT2D eigenvalue weighted by molar-refractivity contribution is -0.127. The minimum Gasteiger partial charge on any atom is -0.507 e. The molecule has 2 aliphatic heterocycles. The molecule has 5 heterocycles. The van der Waals surface area contributed by atoms with Gasteiger partial charge in [-0.1, -0.05) is 51.9 Å². The van der Waals surface area contributed by atoms with Crippen LogP contribution in [-0.2, 0) is 4.79 Å². The number of hydrogen-bond donors (Lipinski definition) is 1. The highest BCUT2D eigenvalue weighted by Gasteiger charge is 2.41. The number of phenols is 1. The Kier molecular flexibility index (Phi) is 7.95. The average molecular weight is 647 g/mol. The molecule has 6 rings (SSSR count). The molecule has 0 bridgehead atoms. The van der Waals surface area contributed by atoms with Gasteiger partial charge in [-0.25, -0.2) is 28.7 Å². The molecule has 2 atom stereocenters. The Balaban J connectivity index is 1.79. The van der Waals surface area contributed by atoms with Crippen molar-refractivity contribution in [2.45, 2.75) is 58.5 Å². The third-order valence-corrected chi connectivity index (χ3v) is 9.09. The molecule has 2 unspecified atom stereocenters. The molecule has 1 saturated heterocycles. The molecule has 1 aromatic carbocycles. The summed E-state index contributed by atoms with van der Waals surface area (Å²) in [5.74, 6) is -1.09. The van der Waals surface area contributed by atoms with E-state index in [2.05, 4.69) is 21.4 Å². The summed E-state index contributed by atoms with van der Waals surface area (Å²) in [5, 5.41) is 11.4. The van der Waals surface area contributed by atoms with Gasteiger partial charge >= 0.3 is 5.69 Å². The summed E-state index contributed by atoms with van der Waals surface area (Å²) in [6.07, 6.45) is 2.78. The van der Waals surface area contributed by atoms with E-state index >= 15 is 4.39 Å². The van der Waals surface area contributed by atoms with Crippen molar-refractivity contribution in [1.82, 2.24) is 29.4 Å². The Labute approximate surface area is 271 Å². The predicted octanol–water partition coefficient (Wildman–Crippen LogP) is 5.02. The van der Waals surface area contributed by atoms with Crippen LogP contribution in [-0.4, -0.2) is 79.2 Å². The molecular weight excluding hydrogens is 611 g/mol. The van der Waals surface area contributed by atoms with Crippen LogP contribution in [0.1, 0.15) is 57.8 Å². The molecule has 3 aromatic heterocycles. The van der Waals surface area contributed by atoms with E-state index in [4.69, 9.17) is 21.6 Å². The maximum atomic E-state index is 15.5. The number of likely N-dealkylation sites (N-methyl/N-ethyl adjacent to an activating group) is 1. The second kappa shape index (κ2) is 11.7. The van der Waals surface area contributed by atoms with Crippen molar-refractivity contribution in [3.63, 3.8) is 0 Å². The van der Waals surface area contributed by atoms with Gasteiger partial charge in [0.15, 0.2) is 5.65 Å². The van der Waals surface area contributed by atoms with Crippen LogP contribution in [0.3, 0.4) is 0 Å². The van der Waals surface area contributed by atoms with Crippen LogP contribution in [0.15, 0.2) is 42.0 Å². The topological polar surface area (TPSA) is 121 Å². The van der Waals surface area contributed by atoms with E-state index in [9.17, 15) is 14.7 Å². The summed E-state index contributed by atoms with van der Waals surface area (Å²) >= 11 is 7.16. The fraction of sp³-hybridized carbons (Fsp3) is 0.394. The maximum Gasteiger partial charge on any atom is 0.355 e. The van der Waals surface area contributed by atoms with Crippen molar-refractivity contribution in [2.75, 3.05) is 36.5 Å². The van der Waals surface area contributed by atoms with Gasteiger partial charge in [0.05, 0.1) is 44.8 Å². The molecule has 2 aliphatic rings. The third kappa shape index (κ3) is 4.86. The fourth-order valence-electron chi connectivity index (χ4n) is 6.76. The molecule has 1 fully saturated rings. The molecular formula is C33H36ClFN8O3. The van der Waals surface area contributed by atoms with Crippen LogP contribution in [0, 0.1) is 5.82 Å². The van der Waals surface area contributed by atoms with Crippen LogP contribution in [0.2, 0.25) is 5.02 Å². The van der Waals surface area contributed by atoms with Crippen molar-refractivity contribution in [2.24, 2.45) is 0 Å². The number of carbonyl (C=O) groups is 1. The number of rotatable bonds is 5. The zero-order chi connectivity index (χ0) is 33.2. The first-order valence-corrected chi connectivity index (χ1v) is 15.6. The number of aromatic hydroxyl groups is 1. The quantitative estimate of drug-likeness (QED) is 0.298. The minimum atomic E-state index is -0.723. The lowest BCUT2D eigenvalue weighted by atomic mass is 10.0. The number of phenolic OH excluding ortho intramolecular Hbond substituents is 1. The predicted molar refractivity (Wildman–Crippen MR) is 177 cm³/mol. The molecule has 0 spiro atoms. The average Bonchev–Trinajstić information content (AvgIpc) is 3.12. The molecule has 240 valence electrons.